The Kier molecular flexibility index (Phi) is 6.29. The Labute approximate surface area is 88.2 Å². The molecule has 4 heteroatoms. The van der Waals surface area contributed by atoms with E-state index in [1.54, 1.807) is 7.11 Å². The first kappa shape index (κ1) is 12.9. The van der Waals surface area contributed by atoms with Gasteiger partial charge in [-0.1, -0.05) is 13.2 Å². The molecule has 1 rings (SSSR count). The van der Waals surface area contributed by atoms with Crippen molar-refractivity contribution in [1.29, 1.82) is 0 Å². The van der Waals surface area contributed by atoms with Crippen molar-refractivity contribution in [3.63, 3.8) is 0 Å². The van der Waals surface area contributed by atoms with Crippen molar-refractivity contribution < 1.29 is 19.1 Å². The lowest BCUT2D eigenvalue weighted by Gasteiger charge is -2.03. The fourth-order valence-corrected chi connectivity index (χ4v) is 0.670. The van der Waals surface area contributed by atoms with E-state index in [2.05, 4.69) is 22.6 Å². The molecule has 0 N–H and O–H groups in total. The summed E-state index contributed by atoms with van der Waals surface area (Å²) in [6.45, 7) is 6.52. The maximum Gasteiger partial charge on any atom is 0.221 e. The lowest BCUT2D eigenvalue weighted by molar-refractivity contribution is -0.116. The Morgan fingerprint density at radius 2 is 1.80 bits per heavy atom. The first-order chi connectivity index (χ1) is 7.15. The SMILES string of the molecule is C=COC.C=COC1=CC(=O)C=CC1=O. The van der Waals surface area contributed by atoms with Crippen molar-refractivity contribution in [1.82, 2.24) is 0 Å². The Hall–Kier alpha value is -2.10. The average molecular weight is 208 g/mol. The van der Waals surface area contributed by atoms with E-state index in [1.165, 1.54) is 18.4 Å². The fourth-order valence-electron chi connectivity index (χ4n) is 0.670. The number of allylic oxidation sites excluding steroid dienone is 3. The van der Waals surface area contributed by atoms with Crippen molar-refractivity contribution in [2.45, 2.75) is 0 Å². The molecule has 0 spiro atoms. The Bertz CT molecular complexity index is 323. The third-order valence-electron chi connectivity index (χ3n) is 1.29. The molecule has 0 aromatic carbocycles. The molecule has 0 fully saturated rings. The molecular weight excluding hydrogens is 196 g/mol. The van der Waals surface area contributed by atoms with Crippen LogP contribution in [0.1, 0.15) is 0 Å². The van der Waals surface area contributed by atoms with Crippen molar-refractivity contribution in [2.75, 3.05) is 7.11 Å². The van der Waals surface area contributed by atoms with Crippen LogP contribution in [-0.2, 0) is 19.1 Å². The average Bonchev–Trinajstić information content (AvgIpc) is 2.24. The summed E-state index contributed by atoms with van der Waals surface area (Å²) in [7, 11) is 1.56. The molecule has 1 aliphatic carbocycles. The van der Waals surface area contributed by atoms with Crippen LogP contribution in [0, 0.1) is 0 Å². The maximum absolute atomic E-state index is 10.8. The van der Waals surface area contributed by atoms with Gasteiger partial charge in [0.05, 0.1) is 19.6 Å². The van der Waals surface area contributed by atoms with E-state index in [0.717, 1.165) is 12.3 Å². The first-order valence-electron chi connectivity index (χ1n) is 4.05. The Balaban J connectivity index is 0.000000423. The third-order valence-corrected chi connectivity index (χ3v) is 1.29. The van der Waals surface area contributed by atoms with Gasteiger partial charge in [0.25, 0.3) is 0 Å². The number of hydrogen-bond acceptors (Lipinski definition) is 4. The van der Waals surface area contributed by atoms with Crippen LogP contribution in [0.3, 0.4) is 0 Å². The van der Waals surface area contributed by atoms with Gasteiger partial charge in [-0.05, 0) is 12.2 Å². The number of methoxy groups -OCH3 is 1. The molecule has 0 saturated heterocycles. The molecule has 0 aromatic rings. The zero-order valence-electron chi connectivity index (χ0n) is 8.43. The van der Waals surface area contributed by atoms with E-state index in [1.807, 2.05) is 0 Å². The number of hydrogen-bond donors (Lipinski definition) is 0. The van der Waals surface area contributed by atoms with Crippen LogP contribution >= 0.6 is 0 Å². The summed E-state index contributed by atoms with van der Waals surface area (Å²) >= 11 is 0. The largest absolute Gasteiger partial charge is 0.505 e. The summed E-state index contributed by atoms with van der Waals surface area (Å²) in [6.07, 6.45) is 5.97. The number of carbonyl (C=O) groups is 2. The molecule has 1 aliphatic rings. The summed E-state index contributed by atoms with van der Waals surface area (Å²) in [6, 6.07) is 0. The highest BCUT2D eigenvalue weighted by Gasteiger charge is 2.12. The lowest BCUT2D eigenvalue weighted by Crippen LogP contribution is -2.08. The number of rotatable bonds is 3. The molecule has 4 nitrogen and oxygen atoms in total. The van der Waals surface area contributed by atoms with Crippen LogP contribution < -0.4 is 0 Å². The summed E-state index contributed by atoms with van der Waals surface area (Å²) in [5, 5.41) is 0. The van der Waals surface area contributed by atoms with Gasteiger partial charge in [0.2, 0.25) is 5.78 Å². The maximum atomic E-state index is 10.8. The van der Waals surface area contributed by atoms with Gasteiger partial charge < -0.3 is 9.47 Å². The molecule has 15 heavy (non-hydrogen) atoms. The van der Waals surface area contributed by atoms with Crippen molar-refractivity contribution in [2.24, 2.45) is 0 Å². The highest BCUT2D eigenvalue weighted by atomic mass is 16.5. The summed E-state index contributed by atoms with van der Waals surface area (Å²) in [5.41, 5.74) is 0. The van der Waals surface area contributed by atoms with Crippen LogP contribution in [-0.4, -0.2) is 18.7 Å². The topological polar surface area (TPSA) is 52.6 Å². The molecule has 0 saturated carbocycles. The van der Waals surface area contributed by atoms with Crippen molar-refractivity contribution >= 4 is 11.6 Å². The smallest absolute Gasteiger partial charge is 0.221 e. The van der Waals surface area contributed by atoms with Gasteiger partial charge in [0, 0.05) is 6.08 Å². The van der Waals surface area contributed by atoms with Crippen LogP contribution in [0.5, 0.6) is 0 Å². The Morgan fingerprint density at radius 3 is 2.27 bits per heavy atom. The van der Waals surface area contributed by atoms with Crippen molar-refractivity contribution in [3.05, 3.63) is 49.7 Å². The van der Waals surface area contributed by atoms with E-state index < -0.39 is 0 Å². The van der Waals surface area contributed by atoms with Crippen LogP contribution in [0.25, 0.3) is 0 Å². The van der Waals surface area contributed by atoms with Crippen LogP contribution in [0.15, 0.2) is 49.7 Å². The standard InChI is InChI=1S/C8H6O3.C3H6O/c1-2-11-8-5-6(9)3-4-7(8)10;1-3-4-2/h2-5H,1H2;3H,1H2,2H3. The summed E-state index contributed by atoms with van der Waals surface area (Å²) in [4.78, 5) is 21.5. The van der Waals surface area contributed by atoms with Gasteiger partial charge in [-0.3, -0.25) is 9.59 Å². The van der Waals surface area contributed by atoms with Gasteiger partial charge in [-0.25, -0.2) is 0 Å². The van der Waals surface area contributed by atoms with Crippen molar-refractivity contribution in [3.8, 4) is 0 Å². The van der Waals surface area contributed by atoms with Crippen LogP contribution in [0.4, 0.5) is 0 Å². The third kappa shape index (κ3) is 5.25. The number of carbonyl (C=O) groups excluding carboxylic acids is 2. The monoisotopic (exact) mass is 208 g/mol. The predicted molar refractivity (Wildman–Crippen MR) is 55.7 cm³/mol. The van der Waals surface area contributed by atoms with Gasteiger partial charge in [0.15, 0.2) is 11.5 Å². The molecule has 0 heterocycles. The highest BCUT2D eigenvalue weighted by Crippen LogP contribution is 2.06. The molecule has 0 aliphatic heterocycles. The zero-order chi connectivity index (χ0) is 11.7. The van der Waals surface area contributed by atoms with Gasteiger partial charge in [0.1, 0.15) is 0 Å². The fraction of sp³-hybridized carbons (Fsp3) is 0.0909. The quantitative estimate of drug-likeness (QED) is 0.521. The van der Waals surface area contributed by atoms with Gasteiger partial charge >= 0.3 is 0 Å². The normalized spacial score (nSPS) is 13.3. The summed E-state index contributed by atoms with van der Waals surface area (Å²) in [5.74, 6) is -0.543. The second kappa shape index (κ2) is 7.32. The summed E-state index contributed by atoms with van der Waals surface area (Å²) < 4.78 is 8.97. The van der Waals surface area contributed by atoms with Crippen LogP contribution in [0.2, 0.25) is 0 Å². The molecule has 0 bridgehead atoms. The molecule has 80 valence electrons. The second-order valence-electron chi connectivity index (χ2n) is 2.30. The minimum absolute atomic E-state index is 0.0208. The first-order valence-corrected chi connectivity index (χ1v) is 4.05. The molecule has 0 aromatic heterocycles. The minimum Gasteiger partial charge on any atom is -0.505 e. The van der Waals surface area contributed by atoms with E-state index in [4.69, 9.17) is 0 Å². The van der Waals surface area contributed by atoms with E-state index in [0.29, 0.717) is 0 Å². The van der Waals surface area contributed by atoms with Gasteiger partial charge in [-0.2, -0.15) is 0 Å². The molecule has 0 atom stereocenters. The molecule has 0 radical (unpaired) electrons. The Morgan fingerprint density at radius 1 is 1.20 bits per heavy atom. The predicted octanol–water partition coefficient (Wildman–Crippen LogP) is 1.51. The minimum atomic E-state index is -0.315. The van der Waals surface area contributed by atoms with E-state index in [9.17, 15) is 9.59 Å². The van der Waals surface area contributed by atoms with Gasteiger partial charge in [-0.15, -0.1) is 0 Å². The zero-order valence-corrected chi connectivity index (χ0v) is 8.43. The lowest BCUT2D eigenvalue weighted by atomic mass is 10.1. The highest BCUT2D eigenvalue weighted by molar-refractivity contribution is 6.16. The van der Waals surface area contributed by atoms with E-state index >= 15 is 0 Å². The van der Waals surface area contributed by atoms with E-state index in [-0.39, 0.29) is 17.3 Å². The number of ether oxygens (including phenoxy) is 2. The number of ketones is 2. The molecule has 0 unspecified atom stereocenters. The molecular formula is C11H12O4. The second-order valence-corrected chi connectivity index (χ2v) is 2.30. The molecule has 0 amide bonds.